The summed E-state index contributed by atoms with van der Waals surface area (Å²) in [4.78, 5) is 12.0. The number of amides is 1. The molecule has 1 aromatic carbocycles. The molecule has 20 heavy (non-hydrogen) atoms. The highest BCUT2D eigenvalue weighted by Crippen LogP contribution is 2.23. The molecular formula is C15H16ClN3O. The first-order chi connectivity index (χ1) is 9.36. The number of anilines is 1. The summed E-state index contributed by atoms with van der Waals surface area (Å²) in [5.74, 6) is -0.308. The Labute approximate surface area is 123 Å². The quantitative estimate of drug-likeness (QED) is 0.917. The van der Waals surface area contributed by atoms with Crippen LogP contribution in [0.1, 0.15) is 36.8 Å². The normalized spacial score (nSPS) is 11.2. The summed E-state index contributed by atoms with van der Waals surface area (Å²) in [6, 6.07) is 10.8. The second-order valence-corrected chi connectivity index (χ2v) is 5.91. The minimum atomic E-state index is -0.308. The molecule has 1 N–H and O–H groups in total. The number of carbonyl (C=O) groups excluding carboxylic acids is 1. The Morgan fingerprint density at radius 1 is 1.05 bits per heavy atom. The third-order valence-electron chi connectivity index (χ3n) is 2.87. The van der Waals surface area contributed by atoms with E-state index in [0.29, 0.717) is 0 Å². The van der Waals surface area contributed by atoms with Crippen molar-refractivity contribution < 1.29 is 4.79 Å². The zero-order valence-electron chi connectivity index (χ0n) is 11.6. The van der Waals surface area contributed by atoms with Crippen LogP contribution >= 0.6 is 11.6 Å². The summed E-state index contributed by atoms with van der Waals surface area (Å²) in [7, 11) is 0. The van der Waals surface area contributed by atoms with Gasteiger partial charge in [0.1, 0.15) is 0 Å². The van der Waals surface area contributed by atoms with Crippen LogP contribution in [0.4, 0.5) is 5.69 Å². The molecule has 0 fully saturated rings. The van der Waals surface area contributed by atoms with Crippen LogP contribution in [-0.2, 0) is 5.41 Å². The predicted octanol–water partition coefficient (Wildman–Crippen LogP) is 3.68. The summed E-state index contributed by atoms with van der Waals surface area (Å²) in [5, 5.41) is 10.4. The highest BCUT2D eigenvalue weighted by atomic mass is 35.5. The van der Waals surface area contributed by atoms with Gasteiger partial charge in [0, 0.05) is 5.69 Å². The number of aromatic nitrogens is 2. The fourth-order valence-electron chi connectivity index (χ4n) is 1.69. The van der Waals surface area contributed by atoms with Gasteiger partial charge < -0.3 is 5.32 Å². The van der Waals surface area contributed by atoms with Crippen LogP contribution in [0.5, 0.6) is 0 Å². The van der Waals surface area contributed by atoms with Crippen molar-refractivity contribution in [2.45, 2.75) is 26.2 Å². The molecule has 104 valence electrons. The van der Waals surface area contributed by atoms with E-state index in [0.717, 1.165) is 5.69 Å². The van der Waals surface area contributed by atoms with E-state index in [9.17, 15) is 4.79 Å². The summed E-state index contributed by atoms with van der Waals surface area (Å²) >= 11 is 5.63. The largest absolute Gasteiger partial charge is 0.321 e. The van der Waals surface area contributed by atoms with Crippen LogP contribution in [-0.4, -0.2) is 16.1 Å². The molecule has 2 rings (SSSR count). The topological polar surface area (TPSA) is 54.9 Å². The van der Waals surface area contributed by atoms with Crippen molar-refractivity contribution >= 4 is 23.2 Å². The van der Waals surface area contributed by atoms with Crippen LogP contribution in [0, 0.1) is 0 Å². The Morgan fingerprint density at radius 2 is 1.70 bits per heavy atom. The minimum absolute atomic E-state index is 0.0875. The molecule has 2 aromatic rings. The molecule has 0 aliphatic carbocycles. The maximum Gasteiger partial charge on any atom is 0.276 e. The van der Waals surface area contributed by atoms with Crippen LogP contribution in [0.25, 0.3) is 0 Å². The zero-order valence-corrected chi connectivity index (χ0v) is 12.4. The summed E-state index contributed by atoms with van der Waals surface area (Å²) in [5.41, 5.74) is 2.25. The van der Waals surface area contributed by atoms with Crippen LogP contribution in [0.3, 0.4) is 0 Å². The first kappa shape index (κ1) is 14.5. The van der Waals surface area contributed by atoms with Crippen molar-refractivity contribution in [2.24, 2.45) is 0 Å². The molecule has 0 bridgehead atoms. The minimum Gasteiger partial charge on any atom is -0.321 e. The monoisotopic (exact) mass is 289 g/mol. The molecule has 0 atom stereocenters. The van der Waals surface area contributed by atoms with Crippen molar-refractivity contribution in [2.75, 3.05) is 5.32 Å². The number of hydrogen-bond donors (Lipinski definition) is 1. The molecule has 1 aromatic heterocycles. The first-order valence-corrected chi connectivity index (χ1v) is 6.65. The molecule has 5 heteroatoms. The third kappa shape index (κ3) is 3.54. The lowest BCUT2D eigenvalue weighted by molar-refractivity contribution is 0.102. The maximum absolute atomic E-state index is 12.0. The van der Waals surface area contributed by atoms with Gasteiger partial charge in [-0.3, -0.25) is 4.79 Å². The molecule has 1 amide bonds. The second-order valence-electron chi connectivity index (χ2n) is 5.52. The van der Waals surface area contributed by atoms with E-state index in [1.165, 1.54) is 17.7 Å². The molecule has 0 spiro atoms. The van der Waals surface area contributed by atoms with E-state index in [4.69, 9.17) is 11.6 Å². The molecule has 0 saturated carbocycles. The smallest absolute Gasteiger partial charge is 0.276 e. The van der Waals surface area contributed by atoms with Crippen molar-refractivity contribution in [3.63, 3.8) is 0 Å². The van der Waals surface area contributed by atoms with Crippen molar-refractivity contribution in [3.8, 4) is 0 Å². The fourth-order valence-corrected chi connectivity index (χ4v) is 1.79. The molecule has 0 aliphatic heterocycles. The number of halogens is 1. The van der Waals surface area contributed by atoms with E-state index in [2.05, 4.69) is 36.3 Å². The van der Waals surface area contributed by atoms with E-state index in [-0.39, 0.29) is 22.2 Å². The molecule has 0 aliphatic rings. The first-order valence-electron chi connectivity index (χ1n) is 6.27. The number of nitrogens with one attached hydrogen (secondary N) is 1. The summed E-state index contributed by atoms with van der Waals surface area (Å²) in [6.45, 7) is 6.43. The predicted molar refractivity (Wildman–Crippen MR) is 80.1 cm³/mol. The fraction of sp³-hybridized carbons (Fsp3) is 0.267. The Bertz CT molecular complexity index is 601. The standard InChI is InChI=1S/C15H16ClN3O/c1-15(2,3)10-4-6-11(7-5-10)17-14(20)12-8-9-13(16)19-18-12/h4-9H,1-3H3,(H,17,20). The van der Waals surface area contributed by atoms with Crippen LogP contribution in [0.15, 0.2) is 36.4 Å². The molecule has 0 radical (unpaired) electrons. The van der Waals surface area contributed by atoms with Gasteiger partial charge in [-0.05, 0) is 35.2 Å². The van der Waals surface area contributed by atoms with Gasteiger partial charge in [0.25, 0.3) is 5.91 Å². The van der Waals surface area contributed by atoms with Crippen molar-refractivity contribution in [3.05, 3.63) is 52.8 Å². The number of hydrogen-bond acceptors (Lipinski definition) is 3. The van der Waals surface area contributed by atoms with E-state index in [1.807, 2.05) is 24.3 Å². The third-order valence-corrected chi connectivity index (χ3v) is 3.08. The van der Waals surface area contributed by atoms with E-state index in [1.54, 1.807) is 0 Å². The van der Waals surface area contributed by atoms with Gasteiger partial charge in [-0.25, -0.2) is 0 Å². The van der Waals surface area contributed by atoms with Gasteiger partial charge in [0.15, 0.2) is 10.8 Å². The van der Waals surface area contributed by atoms with Gasteiger partial charge in [0.05, 0.1) is 0 Å². The lowest BCUT2D eigenvalue weighted by Crippen LogP contribution is -2.15. The van der Waals surface area contributed by atoms with Gasteiger partial charge in [-0.1, -0.05) is 44.5 Å². The molecule has 0 saturated heterocycles. The maximum atomic E-state index is 12.0. The number of nitrogens with zero attached hydrogens (tertiary/aromatic N) is 2. The Hall–Kier alpha value is -1.94. The lowest BCUT2D eigenvalue weighted by Gasteiger charge is -2.19. The van der Waals surface area contributed by atoms with E-state index < -0.39 is 0 Å². The number of rotatable bonds is 2. The highest BCUT2D eigenvalue weighted by molar-refractivity contribution is 6.29. The van der Waals surface area contributed by atoms with Crippen LogP contribution in [0.2, 0.25) is 5.15 Å². The molecule has 0 unspecified atom stereocenters. The van der Waals surface area contributed by atoms with Gasteiger partial charge in [0.2, 0.25) is 0 Å². The lowest BCUT2D eigenvalue weighted by atomic mass is 9.87. The van der Waals surface area contributed by atoms with E-state index >= 15 is 0 Å². The molecular weight excluding hydrogens is 274 g/mol. The van der Waals surface area contributed by atoms with Crippen molar-refractivity contribution in [1.29, 1.82) is 0 Å². The van der Waals surface area contributed by atoms with Crippen LogP contribution < -0.4 is 5.32 Å². The number of carbonyl (C=O) groups is 1. The van der Waals surface area contributed by atoms with Crippen molar-refractivity contribution in [1.82, 2.24) is 10.2 Å². The average Bonchev–Trinajstić information content (AvgIpc) is 2.39. The van der Waals surface area contributed by atoms with Gasteiger partial charge in [-0.2, -0.15) is 0 Å². The molecule has 1 heterocycles. The Kier molecular flexibility index (Phi) is 4.04. The Morgan fingerprint density at radius 3 is 2.20 bits per heavy atom. The summed E-state index contributed by atoms with van der Waals surface area (Å²) in [6.07, 6.45) is 0. The average molecular weight is 290 g/mol. The number of benzene rings is 1. The summed E-state index contributed by atoms with van der Waals surface area (Å²) < 4.78 is 0. The molecule has 4 nitrogen and oxygen atoms in total. The zero-order chi connectivity index (χ0) is 14.8. The van der Waals surface area contributed by atoms with Gasteiger partial charge in [-0.15, -0.1) is 10.2 Å². The second kappa shape index (κ2) is 5.59. The van der Waals surface area contributed by atoms with Gasteiger partial charge >= 0.3 is 0 Å². The SMILES string of the molecule is CC(C)(C)c1ccc(NC(=O)c2ccc(Cl)nn2)cc1. The Balaban J connectivity index is 2.10. The highest BCUT2D eigenvalue weighted by Gasteiger charge is 2.13.